The first-order valence-electron chi connectivity index (χ1n) is 5.49. The Morgan fingerprint density at radius 1 is 1.20 bits per heavy atom. The van der Waals surface area contributed by atoms with Crippen LogP contribution < -0.4 is 5.73 Å². The van der Waals surface area contributed by atoms with Crippen LogP contribution in [0.5, 0.6) is 0 Å². The largest absolute Gasteiger partial charge is 0.324 e. The first kappa shape index (κ1) is 12.2. The Bertz CT molecular complexity index is 274. The molecule has 0 amide bonds. The summed E-state index contributed by atoms with van der Waals surface area (Å²) >= 11 is 0. The average Bonchev–Trinajstić information content (AvgIpc) is 2.14. The average molecular weight is 206 g/mol. The Hall–Kier alpha value is -0.860. The summed E-state index contributed by atoms with van der Waals surface area (Å²) in [4.78, 5) is 2.28. The Morgan fingerprint density at radius 3 is 2.33 bits per heavy atom. The molecule has 0 heterocycles. The van der Waals surface area contributed by atoms with Gasteiger partial charge in [-0.2, -0.15) is 0 Å². The van der Waals surface area contributed by atoms with Crippen molar-refractivity contribution >= 4 is 0 Å². The summed E-state index contributed by atoms with van der Waals surface area (Å²) in [6, 6.07) is 10.6. The van der Waals surface area contributed by atoms with E-state index in [9.17, 15) is 0 Å². The van der Waals surface area contributed by atoms with Crippen LogP contribution in [0, 0.1) is 0 Å². The standard InChI is InChI=1S/C13H22N2/c1-13(2,14)11-15(3)10-9-12-7-5-4-6-8-12/h4-8H,9-11,14H2,1-3H3. The van der Waals surface area contributed by atoms with Crippen molar-refractivity contribution in [1.82, 2.24) is 4.90 Å². The van der Waals surface area contributed by atoms with Crippen molar-refractivity contribution in [2.75, 3.05) is 20.1 Å². The molecule has 2 heteroatoms. The Kier molecular flexibility index (Phi) is 4.30. The van der Waals surface area contributed by atoms with E-state index in [2.05, 4.69) is 56.1 Å². The van der Waals surface area contributed by atoms with Gasteiger partial charge in [0, 0.05) is 18.6 Å². The van der Waals surface area contributed by atoms with E-state index in [0.717, 1.165) is 19.5 Å². The van der Waals surface area contributed by atoms with E-state index < -0.39 is 0 Å². The summed E-state index contributed by atoms with van der Waals surface area (Å²) in [6.45, 7) is 6.11. The zero-order valence-corrected chi connectivity index (χ0v) is 10.0. The van der Waals surface area contributed by atoms with Crippen molar-refractivity contribution in [2.24, 2.45) is 5.73 Å². The summed E-state index contributed by atoms with van der Waals surface area (Å²) in [5.41, 5.74) is 7.25. The van der Waals surface area contributed by atoms with E-state index in [1.807, 2.05) is 0 Å². The number of hydrogen-bond acceptors (Lipinski definition) is 2. The molecule has 0 bridgehead atoms. The lowest BCUT2D eigenvalue weighted by Gasteiger charge is -2.26. The van der Waals surface area contributed by atoms with Crippen LogP contribution in [0.25, 0.3) is 0 Å². The molecular weight excluding hydrogens is 184 g/mol. The minimum Gasteiger partial charge on any atom is -0.324 e. The van der Waals surface area contributed by atoms with Gasteiger partial charge in [0.2, 0.25) is 0 Å². The van der Waals surface area contributed by atoms with Crippen LogP contribution in [-0.2, 0) is 6.42 Å². The van der Waals surface area contributed by atoms with Crippen LogP contribution in [0.3, 0.4) is 0 Å². The lowest BCUT2D eigenvalue weighted by atomic mass is 10.1. The highest BCUT2D eigenvalue weighted by Crippen LogP contribution is 2.03. The van der Waals surface area contributed by atoms with Crippen LogP contribution in [0.4, 0.5) is 0 Å². The molecule has 1 aromatic carbocycles. The van der Waals surface area contributed by atoms with Gasteiger partial charge in [-0.15, -0.1) is 0 Å². The predicted molar refractivity (Wildman–Crippen MR) is 65.9 cm³/mol. The van der Waals surface area contributed by atoms with E-state index in [-0.39, 0.29) is 5.54 Å². The molecule has 0 radical (unpaired) electrons. The Morgan fingerprint density at radius 2 is 1.80 bits per heavy atom. The molecule has 2 nitrogen and oxygen atoms in total. The van der Waals surface area contributed by atoms with Crippen LogP contribution in [-0.4, -0.2) is 30.6 Å². The smallest absolute Gasteiger partial charge is 0.0225 e. The van der Waals surface area contributed by atoms with Crippen molar-refractivity contribution in [3.8, 4) is 0 Å². The van der Waals surface area contributed by atoms with E-state index in [1.165, 1.54) is 5.56 Å². The van der Waals surface area contributed by atoms with Gasteiger partial charge in [0.05, 0.1) is 0 Å². The van der Waals surface area contributed by atoms with Gasteiger partial charge >= 0.3 is 0 Å². The van der Waals surface area contributed by atoms with Gasteiger partial charge in [0.25, 0.3) is 0 Å². The SMILES string of the molecule is CN(CCc1ccccc1)CC(C)(C)N. The van der Waals surface area contributed by atoms with Gasteiger partial charge in [0.1, 0.15) is 0 Å². The van der Waals surface area contributed by atoms with Crippen molar-refractivity contribution in [2.45, 2.75) is 25.8 Å². The Balaban J connectivity index is 2.32. The highest BCUT2D eigenvalue weighted by Gasteiger charge is 2.13. The Labute approximate surface area is 93.1 Å². The third kappa shape index (κ3) is 5.55. The van der Waals surface area contributed by atoms with E-state index >= 15 is 0 Å². The normalized spacial score (nSPS) is 12.1. The van der Waals surface area contributed by atoms with Gasteiger partial charge in [-0.25, -0.2) is 0 Å². The molecule has 2 N–H and O–H groups in total. The second kappa shape index (κ2) is 5.29. The first-order chi connectivity index (χ1) is 6.97. The maximum absolute atomic E-state index is 5.96. The van der Waals surface area contributed by atoms with Gasteiger partial charge in [-0.05, 0) is 32.9 Å². The second-order valence-electron chi connectivity index (χ2n) is 4.96. The van der Waals surface area contributed by atoms with Gasteiger partial charge in [-0.1, -0.05) is 30.3 Å². The molecule has 0 aliphatic heterocycles. The molecular formula is C13H22N2. The summed E-state index contributed by atoms with van der Waals surface area (Å²) in [6.07, 6.45) is 1.09. The summed E-state index contributed by atoms with van der Waals surface area (Å²) in [5, 5.41) is 0. The number of hydrogen-bond donors (Lipinski definition) is 1. The summed E-state index contributed by atoms with van der Waals surface area (Å²) < 4.78 is 0. The van der Waals surface area contributed by atoms with Crippen LogP contribution in [0.15, 0.2) is 30.3 Å². The number of rotatable bonds is 5. The number of nitrogens with zero attached hydrogens (tertiary/aromatic N) is 1. The maximum Gasteiger partial charge on any atom is 0.0225 e. The molecule has 84 valence electrons. The monoisotopic (exact) mass is 206 g/mol. The fraction of sp³-hybridized carbons (Fsp3) is 0.538. The molecule has 0 saturated carbocycles. The third-order valence-corrected chi connectivity index (χ3v) is 2.30. The molecule has 0 aliphatic rings. The lowest BCUT2D eigenvalue weighted by Crippen LogP contribution is -2.44. The van der Waals surface area contributed by atoms with Crippen molar-refractivity contribution < 1.29 is 0 Å². The van der Waals surface area contributed by atoms with Crippen molar-refractivity contribution in [3.63, 3.8) is 0 Å². The quantitative estimate of drug-likeness (QED) is 0.797. The number of benzene rings is 1. The third-order valence-electron chi connectivity index (χ3n) is 2.30. The van der Waals surface area contributed by atoms with E-state index in [0.29, 0.717) is 0 Å². The van der Waals surface area contributed by atoms with Gasteiger partial charge in [0.15, 0.2) is 0 Å². The summed E-state index contributed by atoms with van der Waals surface area (Å²) in [7, 11) is 2.12. The number of likely N-dealkylation sites (N-methyl/N-ethyl adjacent to an activating group) is 1. The van der Waals surface area contributed by atoms with Crippen molar-refractivity contribution in [3.05, 3.63) is 35.9 Å². The number of nitrogens with two attached hydrogens (primary N) is 1. The lowest BCUT2D eigenvalue weighted by molar-refractivity contribution is 0.273. The fourth-order valence-corrected chi connectivity index (χ4v) is 1.74. The van der Waals surface area contributed by atoms with Crippen molar-refractivity contribution in [1.29, 1.82) is 0 Å². The highest BCUT2D eigenvalue weighted by atomic mass is 15.1. The first-order valence-corrected chi connectivity index (χ1v) is 5.49. The minimum atomic E-state index is -0.106. The molecule has 1 aromatic rings. The topological polar surface area (TPSA) is 29.3 Å². The molecule has 0 aromatic heterocycles. The van der Waals surface area contributed by atoms with Crippen LogP contribution in [0.1, 0.15) is 19.4 Å². The molecule has 1 rings (SSSR count). The minimum absolute atomic E-state index is 0.106. The van der Waals surface area contributed by atoms with Crippen LogP contribution >= 0.6 is 0 Å². The zero-order chi connectivity index (χ0) is 11.3. The molecule has 15 heavy (non-hydrogen) atoms. The second-order valence-corrected chi connectivity index (χ2v) is 4.96. The molecule has 0 spiro atoms. The molecule has 0 unspecified atom stereocenters. The molecule has 0 saturated heterocycles. The summed E-state index contributed by atoms with van der Waals surface area (Å²) in [5.74, 6) is 0. The molecule has 0 aliphatic carbocycles. The maximum atomic E-state index is 5.96. The van der Waals surface area contributed by atoms with Crippen LogP contribution in [0.2, 0.25) is 0 Å². The van der Waals surface area contributed by atoms with Gasteiger partial charge < -0.3 is 10.6 Å². The fourth-order valence-electron chi connectivity index (χ4n) is 1.74. The molecule has 0 atom stereocenters. The highest BCUT2D eigenvalue weighted by molar-refractivity contribution is 5.14. The van der Waals surface area contributed by atoms with E-state index in [4.69, 9.17) is 5.73 Å². The predicted octanol–water partition coefficient (Wildman–Crippen LogP) is 1.90. The zero-order valence-electron chi connectivity index (χ0n) is 10.0. The molecule has 0 fully saturated rings. The van der Waals surface area contributed by atoms with E-state index in [1.54, 1.807) is 0 Å². The van der Waals surface area contributed by atoms with Gasteiger partial charge in [-0.3, -0.25) is 0 Å².